The number of anilines is 1. The molecule has 1 fully saturated rings. The summed E-state index contributed by atoms with van der Waals surface area (Å²) in [4.78, 5) is 21.1. The number of hydrogen-bond acceptors (Lipinski definition) is 7. The fourth-order valence-electron chi connectivity index (χ4n) is 2.90. The summed E-state index contributed by atoms with van der Waals surface area (Å²) in [6, 6.07) is 8.87. The molecule has 3 aromatic rings. The molecular weight excluding hydrogens is 380 g/mol. The van der Waals surface area contributed by atoms with Crippen molar-refractivity contribution in [1.82, 2.24) is 9.88 Å². The van der Waals surface area contributed by atoms with Crippen LogP contribution in [0.25, 0.3) is 10.2 Å². The van der Waals surface area contributed by atoms with Crippen LogP contribution in [0.4, 0.5) is 10.8 Å². The second-order valence-corrected chi connectivity index (χ2v) is 8.68. The summed E-state index contributed by atoms with van der Waals surface area (Å²) in [5.41, 5.74) is 0.934. The van der Waals surface area contributed by atoms with Crippen molar-refractivity contribution in [2.75, 3.05) is 31.1 Å². The number of nitro benzene ring substituents is 1. The molecule has 0 aliphatic carbocycles. The Kier molecular flexibility index (Phi) is 4.60. The second kappa shape index (κ2) is 6.87. The van der Waals surface area contributed by atoms with Gasteiger partial charge >= 0.3 is 0 Å². The van der Waals surface area contributed by atoms with E-state index < -0.39 is 0 Å². The average molecular weight is 395 g/mol. The molecule has 0 atom stereocenters. The molecule has 130 valence electrons. The first-order chi connectivity index (χ1) is 12.1. The van der Waals surface area contributed by atoms with Crippen LogP contribution < -0.4 is 4.90 Å². The van der Waals surface area contributed by atoms with E-state index in [9.17, 15) is 10.1 Å². The SMILES string of the molecule is O=[N+]([O-])c1ccc2nc(N3CCN(Cc4ccc(Cl)s4)CC3)sc2c1. The maximum atomic E-state index is 10.9. The molecule has 9 heteroatoms. The van der Waals surface area contributed by atoms with Crippen LogP contribution in [0, 0.1) is 10.1 Å². The van der Waals surface area contributed by atoms with E-state index in [1.807, 2.05) is 6.07 Å². The predicted molar refractivity (Wildman–Crippen MR) is 103 cm³/mol. The lowest BCUT2D eigenvalue weighted by molar-refractivity contribution is -0.384. The third kappa shape index (κ3) is 3.62. The second-order valence-electron chi connectivity index (χ2n) is 5.87. The Hall–Kier alpha value is -1.74. The maximum Gasteiger partial charge on any atom is 0.270 e. The van der Waals surface area contributed by atoms with Gasteiger partial charge in [0.25, 0.3) is 5.69 Å². The zero-order chi connectivity index (χ0) is 17.4. The number of non-ortho nitro benzene ring substituents is 1. The van der Waals surface area contributed by atoms with Crippen LogP contribution in [-0.4, -0.2) is 41.0 Å². The first-order valence-corrected chi connectivity index (χ1v) is 9.86. The lowest BCUT2D eigenvalue weighted by Gasteiger charge is -2.34. The smallest absolute Gasteiger partial charge is 0.270 e. The monoisotopic (exact) mass is 394 g/mol. The fraction of sp³-hybridized carbons (Fsp3) is 0.312. The fourth-order valence-corrected chi connectivity index (χ4v) is 5.08. The van der Waals surface area contributed by atoms with Gasteiger partial charge in [-0.05, 0) is 18.2 Å². The molecule has 1 aromatic carbocycles. The Morgan fingerprint density at radius 2 is 1.96 bits per heavy atom. The first-order valence-electron chi connectivity index (χ1n) is 7.85. The number of piperazine rings is 1. The first kappa shape index (κ1) is 16.7. The van der Waals surface area contributed by atoms with Crippen LogP contribution >= 0.6 is 34.3 Å². The lowest BCUT2D eigenvalue weighted by Crippen LogP contribution is -2.45. The highest BCUT2D eigenvalue weighted by Crippen LogP contribution is 2.32. The molecule has 2 aromatic heterocycles. The van der Waals surface area contributed by atoms with Crippen molar-refractivity contribution in [2.24, 2.45) is 0 Å². The summed E-state index contributed by atoms with van der Waals surface area (Å²) in [6.07, 6.45) is 0. The van der Waals surface area contributed by atoms with E-state index in [1.165, 1.54) is 22.3 Å². The minimum atomic E-state index is -0.367. The van der Waals surface area contributed by atoms with E-state index in [4.69, 9.17) is 11.6 Å². The lowest BCUT2D eigenvalue weighted by atomic mass is 10.3. The number of aromatic nitrogens is 1. The molecule has 25 heavy (non-hydrogen) atoms. The number of nitrogens with zero attached hydrogens (tertiary/aromatic N) is 4. The molecule has 0 N–H and O–H groups in total. The summed E-state index contributed by atoms with van der Waals surface area (Å²) >= 11 is 9.14. The Bertz CT molecular complexity index is 918. The van der Waals surface area contributed by atoms with Crippen molar-refractivity contribution in [1.29, 1.82) is 0 Å². The molecule has 1 aliphatic heterocycles. The van der Waals surface area contributed by atoms with Crippen LogP contribution in [0.15, 0.2) is 30.3 Å². The molecule has 0 spiro atoms. The van der Waals surface area contributed by atoms with Gasteiger partial charge in [0, 0.05) is 49.7 Å². The van der Waals surface area contributed by atoms with Gasteiger partial charge in [0.1, 0.15) is 0 Å². The number of fused-ring (bicyclic) bond motifs is 1. The summed E-state index contributed by atoms with van der Waals surface area (Å²) in [7, 11) is 0. The largest absolute Gasteiger partial charge is 0.345 e. The minimum absolute atomic E-state index is 0.113. The Balaban J connectivity index is 1.43. The predicted octanol–water partition coefficient (Wildman–Crippen LogP) is 4.24. The highest BCUT2D eigenvalue weighted by atomic mass is 35.5. The molecule has 1 aliphatic rings. The maximum absolute atomic E-state index is 10.9. The molecule has 3 heterocycles. The van der Waals surface area contributed by atoms with Crippen molar-refractivity contribution in [3.8, 4) is 0 Å². The summed E-state index contributed by atoms with van der Waals surface area (Å²) in [6.45, 7) is 4.66. The highest BCUT2D eigenvalue weighted by Gasteiger charge is 2.21. The van der Waals surface area contributed by atoms with Gasteiger partial charge in [-0.3, -0.25) is 15.0 Å². The number of halogens is 1. The highest BCUT2D eigenvalue weighted by molar-refractivity contribution is 7.22. The van der Waals surface area contributed by atoms with Crippen molar-refractivity contribution in [2.45, 2.75) is 6.54 Å². The van der Waals surface area contributed by atoms with Crippen molar-refractivity contribution < 1.29 is 4.92 Å². The van der Waals surface area contributed by atoms with Gasteiger partial charge in [-0.2, -0.15) is 0 Å². The van der Waals surface area contributed by atoms with Crippen LogP contribution in [0.1, 0.15) is 4.88 Å². The Morgan fingerprint density at radius 3 is 2.64 bits per heavy atom. The van der Waals surface area contributed by atoms with Crippen molar-refractivity contribution in [3.63, 3.8) is 0 Å². The van der Waals surface area contributed by atoms with Crippen LogP contribution in [0.5, 0.6) is 0 Å². The molecule has 0 radical (unpaired) electrons. The molecule has 1 saturated heterocycles. The third-order valence-electron chi connectivity index (χ3n) is 4.22. The summed E-state index contributed by atoms with van der Waals surface area (Å²) in [5.74, 6) is 0. The quantitative estimate of drug-likeness (QED) is 0.489. The van der Waals surface area contributed by atoms with E-state index in [2.05, 4.69) is 20.9 Å². The average Bonchev–Trinajstić information content (AvgIpc) is 3.20. The van der Waals surface area contributed by atoms with Crippen molar-refractivity contribution >= 4 is 55.3 Å². The zero-order valence-corrected chi connectivity index (χ0v) is 15.6. The molecule has 0 bridgehead atoms. The number of nitro groups is 1. The van der Waals surface area contributed by atoms with Gasteiger partial charge in [-0.15, -0.1) is 11.3 Å². The van der Waals surface area contributed by atoms with E-state index in [0.717, 1.165) is 52.4 Å². The molecular formula is C16H15ClN4O2S2. The molecule has 0 amide bonds. The summed E-state index contributed by atoms with van der Waals surface area (Å²) < 4.78 is 1.69. The topological polar surface area (TPSA) is 62.5 Å². The van der Waals surface area contributed by atoms with Crippen LogP contribution in [0.3, 0.4) is 0 Å². The Labute approximate surface area is 157 Å². The van der Waals surface area contributed by atoms with Gasteiger partial charge in [-0.1, -0.05) is 22.9 Å². The van der Waals surface area contributed by atoms with Crippen LogP contribution in [0.2, 0.25) is 4.34 Å². The Morgan fingerprint density at radius 1 is 1.16 bits per heavy atom. The molecule has 0 saturated carbocycles. The number of hydrogen-bond donors (Lipinski definition) is 0. The van der Waals surface area contributed by atoms with Gasteiger partial charge in [-0.25, -0.2) is 4.98 Å². The van der Waals surface area contributed by atoms with Gasteiger partial charge < -0.3 is 4.90 Å². The normalized spacial score (nSPS) is 15.8. The number of thiophene rings is 1. The molecule has 6 nitrogen and oxygen atoms in total. The number of benzene rings is 1. The zero-order valence-electron chi connectivity index (χ0n) is 13.2. The van der Waals surface area contributed by atoms with Crippen LogP contribution in [-0.2, 0) is 6.54 Å². The van der Waals surface area contributed by atoms with Gasteiger partial charge in [0.2, 0.25) is 0 Å². The van der Waals surface area contributed by atoms with Gasteiger partial charge in [0.15, 0.2) is 5.13 Å². The number of thiazole rings is 1. The summed E-state index contributed by atoms with van der Waals surface area (Å²) in [5, 5.41) is 11.8. The van der Waals surface area contributed by atoms with E-state index >= 15 is 0 Å². The number of rotatable bonds is 4. The van der Waals surface area contributed by atoms with Gasteiger partial charge in [0.05, 0.1) is 19.5 Å². The molecule has 4 rings (SSSR count). The minimum Gasteiger partial charge on any atom is -0.345 e. The van der Waals surface area contributed by atoms with E-state index in [-0.39, 0.29) is 10.6 Å². The third-order valence-corrected chi connectivity index (χ3v) is 6.52. The van der Waals surface area contributed by atoms with E-state index in [1.54, 1.807) is 23.5 Å². The standard InChI is InChI=1S/C16H15ClN4O2S2/c17-15-4-2-12(24-15)10-19-5-7-20(8-6-19)16-18-13-3-1-11(21(22)23)9-14(13)25-16/h1-4,9H,5-8,10H2. The van der Waals surface area contributed by atoms with E-state index in [0.29, 0.717) is 0 Å². The molecule has 0 unspecified atom stereocenters. The van der Waals surface area contributed by atoms with Crippen molar-refractivity contribution in [3.05, 3.63) is 49.7 Å².